The van der Waals surface area contributed by atoms with Crippen LogP contribution in [0, 0.1) is 0 Å². The minimum atomic E-state index is -0.685. The fourth-order valence-corrected chi connectivity index (χ4v) is 3.92. The highest BCUT2D eigenvalue weighted by molar-refractivity contribution is 7.99. The van der Waals surface area contributed by atoms with Gasteiger partial charge >= 0.3 is 0 Å². The third-order valence-corrected chi connectivity index (χ3v) is 5.46. The third kappa shape index (κ3) is 4.74. The zero-order valence-corrected chi connectivity index (χ0v) is 17.0. The molecule has 2 heterocycles. The van der Waals surface area contributed by atoms with Gasteiger partial charge in [0, 0.05) is 26.3 Å². The first-order chi connectivity index (χ1) is 13.6. The molecule has 2 amide bonds. The van der Waals surface area contributed by atoms with E-state index in [1.54, 1.807) is 24.0 Å². The zero-order valence-electron chi connectivity index (χ0n) is 16.2. The summed E-state index contributed by atoms with van der Waals surface area (Å²) in [7, 11) is 1.52. The molecule has 1 aromatic carbocycles. The molecule has 1 N–H and O–H groups in total. The van der Waals surface area contributed by atoms with Crippen LogP contribution in [-0.2, 0) is 14.3 Å². The standard InChI is InChI=1S/C20H26N4O3S/c1-27-19(15-6-4-3-5-7-15)20(26)22-17-8-11-21-24(17)16-9-12-23(13-10-16)18(25)14-28-2/h3-8,11,16,19H,9-10,12-14H2,1-2H3,(H,22,26). The van der Waals surface area contributed by atoms with Crippen LogP contribution in [0.5, 0.6) is 0 Å². The summed E-state index contributed by atoms with van der Waals surface area (Å²) in [5.41, 5.74) is 0.800. The molecule has 0 saturated carbocycles. The number of nitrogens with zero attached hydrogens (tertiary/aromatic N) is 3. The highest BCUT2D eigenvalue weighted by Crippen LogP contribution is 2.27. The van der Waals surface area contributed by atoms with Crippen LogP contribution in [-0.4, -0.2) is 58.7 Å². The van der Waals surface area contributed by atoms with Crippen molar-refractivity contribution in [2.45, 2.75) is 25.0 Å². The number of benzene rings is 1. The fraction of sp³-hybridized carbons (Fsp3) is 0.450. The van der Waals surface area contributed by atoms with E-state index in [1.165, 1.54) is 7.11 Å². The van der Waals surface area contributed by atoms with Crippen LogP contribution in [0.4, 0.5) is 5.82 Å². The highest BCUT2D eigenvalue weighted by Gasteiger charge is 2.27. The van der Waals surface area contributed by atoms with E-state index in [9.17, 15) is 9.59 Å². The molecule has 1 aliphatic rings. The first-order valence-electron chi connectivity index (χ1n) is 9.33. The zero-order chi connectivity index (χ0) is 19.9. The Morgan fingerprint density at radius 1 is 1.25 bits per heavy atom. The molecule has 1 atom stereocenters. The van der Waals surface area contributed by atoms with Gasteiger partial charge in [0.1, 0.15) is 5.82 Å². The van der Waals surface area contributed by atoms with Crippen molar-refractivity contribution < 1.29 is 14.3 Å². The Hall–Kier alpha value is -2.32. The molecule has 0 spiro atoms. The number of piperidine rings is 1. The van der Waals surface area contributed by atoms with E-state index >= 15 is 0 Å². The SMILES string of the molecule is COC(C(=O)Nc1ccnn1C1CCN(C(=O)CSC)CC1)c1ccccc1. The van der Waals surface area contributed by atoms with Crippen molar-refractivity contribution in [1.82, 2.24) is 14.7 Å². The predicted molar refractivity (Wildman–Crippen MR) is 110 cm³/mol. The maximum absolute atomic E-state index is 12.8. The molecule has 0 aliphatic carbocycles. The topological polar surface area (TPSA) is 76.5 Å². The summed E-state index contributed by atoms with van der Waals surface area (Å²) in [5, 5.41) is 7.35. The first-order valence-corrected chi connectivity index (χ1v) is 10.7. The number of nitrogens with one attached hydrogen (secondary N) is 1. The number of ether oxygens (including phenoxy) is 1. The summed E-state index contributed by atoms with van der Waals surface area (Å²) in [4.78, 5) is 26.7. The molecule has 1 saturated heterocycles. The van der Waals surface area contributed by atoms with Gasteiger partial charge in [-0.2, -0.15) is 16.9 Å². The molecule has 1 aliphatic heterocycles. The maximum Gasteiger partial charge on any atom is 0.259 e. The van der Waals surface area contributed by atoms with Gasteiger partial charge in [0.05, 0.1) is 18.0 Å². The van der Waals surface area contributed by atoms with E-state index in [0.717, 1.165) is 18.4 Å². The lowest BCUT2D eigenvalue weighted by molar-refractivity contribution is -0.129. The van der Waals surface area contributed by atoms with Gasteiger partial charge in [-0.3, -0.25) is 9.59 Å². The van der Waals surface area contributed by atoms with Crippen LogP contribution in [0.3, 0.4) is 0 Å². The largest absolute Gasteiger partial charge is 0.367 e. The Morgan fingerprint density at radius 3 is 2.61 bits per heavy atom. The summed E-state index contributed by atoms with van der Waals surface area (Å²) in [6.07, 6.45) is 4.57. The lowest BCUT2D eigenvalue weighted by Gasteiger charge is -2.32. The number of likely N-dealkylation sites (tertiary alicyclic amines) is 1. The van der Waals surface area contributed by atoms with Crippen molar-refractivity contribution in [1.29, 1.82) is 0 Å². The third-order valence-electron chi connectivity index (χ3n) is 4.93. The van der Waals surface area contributed by atoms with E-state index in [2.05, 4.69) is 10.4 Å². The number of hydrogen-bond donors (Lipinski definition) is 1. The van der Waals surface area contributed by atoms with Crippen molar-refractivity contribution >= 4 is 29.4 Å². The second-order valence-electron chi connectivity index (χ2n) is 6.72. The minimum absolute atomic E-state index is 0.154. The number of aromatic nitrogens is 2. The molecule has 0 bridgehead atoms. The van der Waals surface area contributed by atoms with Crippen molar-refractivity contribution in [2.75, 3.05) is 37.5 Å². The van der Waals surface area contributed by atoms with Crippen molar-refractivity contribution in [3.63, 3.8) is 0 Å². The van der Waals surface area contributed by atoms with Crippen molar-refractivity contribution in [3.05, 3.63) is 48.2 Å². The molecular weight excluding hydrogens is 376 g/mol. The Balaban J connectivity index is 1.64. The van der Waals surface area contributed by atoms with Gasteiger partial charge in [0.15, 0.2) is 6.10 Å². The van der Waals surface area contributed by atoms with Crippen LogP contribution >= 0.6 is 11.8 Å². The second-order valence-corrected chi connectivity index (χ2v) is 7.59. The van der Waals surface area contributed by atoms with Crippen molar-refractivity contribution in [2.24, 2.45) is 0 Å². The van der Waals surface area contributed by atoms with Crippen molar-refractivity contribution in [3.8, 4) is 0 Å². The monoisotopic (exact) mass is 402 g/mol. The summed E-state index contributed by atoms with van der Waals surface area (Å²) < 4.78 is 7.26. The summed E-state index contributed by atoms with van der Waals surface area (Å²) in [6.45, 7) is 1.42. The van der Waals surface area contributed by atoms with Crippen LogP contribution < -0.4 is 5.32 Å². The summed E-state index contributed by atoms with van der Waals surface area (Å²) in [6, 6.07) is 11.3. The number of carbonyl (C=O) groups excluding carboxylic acids is 2. The molecule has 2 aromatic rings. The first kappa shape index (κ1) is 20.4. The molecule has 1 aromatic heterocycles. The Kier molecular flexibility index (Phi) is 7.11. The van der Waals surface area contributed by atoms with Gasteiger partial charge in [0.2, 0.25) is 5.91 Å². The van der Waals surface area contributed by atoms with E-state index in [0.29, 0.717) is 24.7 Å². The van der Waals surface area contributed by atoms with Gasteiger partial charge in [-0.1, -0.05) is 30.3 Å². The highest BCUT2D eigenvalue weighted by atomic mass is 32.2. The quantitative estimate of drug-likeness (QED) is 0.771. The molecule has 1 fully saturated rings. The van der Waals surface area contributed by atoms with Crippen LogP contribution in [0.25, 0.3) is 0 Å². The van der Waals surface area contributed by atoms with Gasteiger partial charge in [-0.25, -0.2) is 4.68 Å². The van der Waals surface area contributed by atoms with Gasteiger partial charge < -0.3 is 15.0 Å². The van der Waals surface area contributed by atoms with Crippen LogP contribution in [0.2, 0.25) is 0 Å². The number of thioether (sulfide) groups is 1. The number of amides is 2. The number of hydrogen-bond acceptors (Lipinski definition) is 5. The Labute approximate surface area is 169 Å². The maximum atomic E-state index is 12.8. The lowest BCUT2D eigenvalue weighted by atomic mass is 10.1. The molecule has 8 heteroatoms. The Morgan fingerprint density at radius 2 is 1.96 bits per heavy atom. The van der Waals surface area contributed by atoms with E-state index < -0.39 is 6.10 Å². The van der Waals surface area contributed by atoms with Gasteiger partial charge in [-0.05, 0) is 24.7 Å². The average Bonchev–Trinajstić information content (AvgIpc) is 3.17. The smallest absolute Gasteiger partial charge is 0.259 e. The van der Waals surface area contributed by atoms with E-state index in [4.69, 9.17) is 4.74 Å². The number of carbonyl (C=O) groups is 2. The molecule has 28 heavy (non-hydrogen) atoms. The number of methoxy groups -OCH3 is 1. The summed E-state index contributed by atoms with van der Waals surface area (Å²) in [5.74, 6) is 1.12. The second kappa shape index (κ2) is 9.75. The van der Waals surface area contributed by atoms with E-state index in [1.807, 2.05) is 46.2 Å². The normalized spacial score (nSPS) is 16.0. The fourth-order valence-electron chi connectivity index (χ4n) is 3.49. The molecule has 7 nitrogen and oxygen atoms in total. The predicted octanol–water partition coefficient (Wildman–Crippen LogP) is 2.74. The molecule has 0 radical (unpaired) electrons. The van der Waals surface area contributed by atoms with Gasteiger partial charge in [0.25, 0.3) is 5.91 Å². The van der Waals surface area contributed by atoms with Crippen LogP contribution in [0.1, 0.15) is 30.6 Å². The summed E-state index contributed by atoms with van der Waals surface area (Å²) >= 11 is 1.55. The average molecular weight is 403 g/mol. The lowest BCUT2D eigenvalue weighted by Crippen LogP contribution is -2.40. The Bertz CT molecular complexity index is 788. The van der Waals surface area contributed by atoms with Crippen LogP contribution in [0.15, 0.2) is 42.6 Å². The number of anilines is 1. The van der Waals surface area contributed by atoms with Gasteiger partial charge in [-0.15, -0.1) is 0 Å². The molecule has 3 rings (SSSR count). The van der Waals surface area contributed by atoms with E-state index in [-0.39, 0.29) is 17.9 Å². The molecular formula is C20H26N4O3S. The molecule has 1 unspecified atom stereocenters. The minimum Gasteiger partial charge on any atom is -0.367 e. The molecule has 150 valence electrons. The number of rotatable bonds is 7.